The van der Waals surface area contributed by atoms with Crippen LogP contribution in [0.2, 0.25) is 0 Å². The molecule has 5 aliphatic carbocycles. The molecule has 4 saturated carbocycles. The molecule has 0 radical (unpaired) electrons. The van der Waals surface area contributed by atoms with Crippen LogP contribution in [0.1, 0.15) is 61.7 Å². The van der Waals surface area contributed by atoms with Gasteiger partial charge in [-0.2, -0.15) is 0 Å². The highest BCUT2D eigenvalue weighted by Crippen LogP contribution is 2.57. The Balaban J connectivity index is 0.000000139. The molecule has 4 bridgehead atoms. The molecule has 12 rings (SSSR count). The van der Waals surface area contributed by atoms with Crippen molar-refractivity contribution in [2.45, 2.75) is 57.4 Å². The first-order valence-electron chi connectivity index (χ1n) is 22.1. The van der Waals surface area contributed by atoms with Crippen LogP contribution in [0.5, 0.6) is 0 Å². The number of fused-ring (bicyclic) bond motifs is 12. The van der Waals surface area contributed by atoms with Crippen molar-refractivity contribution < 1.29 is 28.8 Å². The molecule has 62 heavy (non-hydrogen) atoms. The number of likely N-dealkylation sites (tertiary alicyclic amines) is 1. The van der Waals surface area contributed by atoms with E-state index in [9.17, 15) is 28.8 Å². The fraction of sp³-hybridized carbons (Fsp3) is 0.360. The summed E-state index contributed by atoms with van der Waals surface area (Å²) in [6, 6.07) is 25.7. The number of pyridine rings is 2. The van der Waals surface area contributed by atoms with E-state index in [4.69, 9.17) is 0 Å². The minimum absolute atomic E-state index is 0.00482. The zero-order chi connectivity index (χ0) is 42.2. The molecule has 7 aliphatic rings. The molecule has 6 fully saturated rings. The number of rotatable bonds is 6. The van der Waals surface area contributed by atoms with E-state index in [2.05, 4.69) is 32.8 Å². The van der Waals surface area contributed by atoms with Crippen molar-refractivity contribution in [1.29, 1.82) is 0 Å². The van der Waals surface area contributed by atoms with Gasteiger partial charge in [0, 0.05) is 40.7 Å². The molecular weight excluding hydrogens is 781 g/mol. The summed E-state index contributed by atoms with van der Waals surface area (Å²) in [5.41, 5.74) is 3.88. The van der Waals surface area contributed by atoms with Crippen LogP contribution < -0.4 is 15.5 Å². The van der Waals surface area contributed by atoms with Gasteiger partial charge in [0.2, 0.25) is 29.5 Å². The predicted octanol–water partition coefficient (Wildman–Crippen LogP) is 7.56. The Morgan fingerprint density at radius 2 is 1.08 bits per heavy atom. The Hall–Kier alpha value is -6.56. The average Bonchev–Trinajstić information content (AvgIpc) is 4.17. The highest BCUT2D eigenvalue weighted by atomic mass is 16.2. The van der Waals surface area contributed by atoms with Gasteiger partial charge in [-0.15, -0.1) is 0 Å². The minimum atomic E-state index is -0.265. The van der Waals surface area contributed by atoms with E-state index in [0.717, 1.165) is 53.2 Å². The third-order valence-electron chi connectivity index (χ3n) is 15.0. The third kappa shape index (κ3) is 6.24. The van der Waals surface area contributed by atoms with Gasteiger partial charge in [0.25, 0.3) is 5.91 Å². The minimum Gasteiger partial charge on any atom is -0.324 e. The van der Waals surface area contributed by atoms with E-state index in [0.29, 0.717) is 54.5 Å². The standard InChI is InChI=1S/C25H25N3O3.C25H21N3O3/c2*29-23(27-19-5-1-3-14-4-2-12-26-22(14)19)15-8-10-18(11-9-15)28-24(30)20-16-6-7-17(13-16)21(20)25(28)31/h1-7,12,15-18,20-21H,8-11,13H2,(H,27,29);1-5,8-12,16-17,20-21H,6-7,13H2,(H,27,29)/t15?,16-,17+,18?,20-,21+;16-,17+,20-,21+. The summed E-state index contributed by atoms with van der Waals surface area (Å²) >= 11 is 0. The third-order valence-corrected chi connectivity index (χ3v) is 15.0. The molecule has 2 N–H and O–H groups in total. The van der Waals surface area contributed by atoms with E-state index in [1.54, 1.807) is 41.6 Å². The van der Waals surface area contributed by atoms with E-state index in [-0.39, 0.29) is 82.9 Å². The predicted molar refractivity (Wildman–Crippen MR) is 232 cm³/mol. The summed E-state index contributed by atoms with van der Waals surface area (Å²) in [7, 11) is 0. The van der Waals surface area contributed by atoms with Crippen LogP contribution >= 0.6 is 0 Å². The molecule has 4 heterocycles. The molecule has 2 aromatic heterocycles. The fourth-order valence-electron chi connectivity index (χ4n) is 12.1. The smallest absolute Gasteiger partial charge is 0.255 e. The van der Waals surface area contributed by atoms with Gasteiger partial charge >= 0.3 is 0 Å². The van der Waals surface area contributed by atoms with Gasteiger partial charge in [-0.25, -0.2) is 0 Å². The van der Waals surface area contributed by atoms with Crippen molar-refractivity contribution in [2.75, 3.05) is 15.5 Å². The molecule has 312 valence electrons. The molecule has 0 spiro atoms. The normalized spacial score (nSPS) is 30.2. The molecule has 12 nitrogen and oxygen atoms in total. The summed E-state index contributed by atoms with van der Waals surface area (Å²) in [6.45, 7) is 0. The molecule has 0 unspecified atom stereocenters. The first-order chi connectivity index (χ1) is 30.2. The SMILES string of the molecule is O=C(Nc1cccc2cccnc12)C1CCC(N2C(=O)[C@@H]3[C@H](C2=O)[C@@H]2C=C[C@H]3C2)CC1.O=C(Nc1cccc2cccnc12)c1ccc(N2C(=O)[C@@H]3[C@@H]4CC[C@@H](C4)[C@@H]3C2=O)cc1. The maximum Gasteiger partial charge on any atom is 0.255 e. The molecular formula is C50H46N6O6. The lowest BCUT2D eigenvalue weighted by Crippen LogP contribution is -2.44. The van der Waals surface area contributed by atoms with Crippen molar-refractivity contribution in [2.24, 2.45) is 53.3 Å². The number of para-hydroxylation sites is 2. The van der Waals surface area contributed by atoms with Gasteiger partial charge in [-0.3, -0.25) is 48.5 Å². The zero-order valence-corrected chi connectivity index (χ0v) is 34.1. The van der Waals surface area contributed by atoms with Crippen molar-refractivity contribution in [3.8, 4) is 0 Å². The van der Waals surface area contributed by atoms with E-state index in [1.807, 2.05) is 60.7 Å². The Bertz CT molecular complexity index is 2660. The molecule has 2 saturated heterocycles. The second-order valence-electron chi connectivity index (χ2n) is 18.2. The highest BCUT2D eigenvalue weighted by molar-refractivity contribution is 6.23. The number of amides is 6. The number of imide groups is 2. The van der Waals surface area contributed by atoms with Gasteiger partial charge in [0.15, 0.2) is 0 Å². The summed E-state index contributed by atoms with van der Waals surface area (Å²) in [4.78, 5) is 89.5. The van der Waals surface area contributed by atoms with E-state index >= 15 is 0 Å². The molecule has 5 aromatic rings. The number of hydrogen-bond donors (Lipinski definition) is 2. The molecule has 8 atom stereocenters. The van der Waals surface area contributed by atoms with Crippen LogP contribution in [-0.4, -0.2) is 56.4 Å². The maximum absolute atomic E-state index is 13.1. The summed E-state index contributed by atoms with van der Waals surface area (Å²) in [5.74, 6) is 0.178. The lowest BCUT2D eigenvalue weighted by atomic mass is 9.81. The van der Waals surface area contributed by atoms with Crippen molar-refractivity contribution in [3.63, 3.8) is 0 Å². The Morgan fingerprint density at radius 1 is 0.548 bits per heavy atom. The number of anilines is 3. The quantitative estimate of drug-likeness (QED) is 0.131. The zero-order valence-electron chi connectivity index (χ0n) is 34.1. The lowest BCUT2D eigenvalue weighted by Gasteiger charge is -2.33. The maximum atomic E-state index is 13.1. The number of benzene rings is 3. The second-order valence-corrected chi connectivity index (χ2v) is 18.2. The number of hydrogen-bond acceptors (Lipinski definition) is 8. The Morgan fingerprint density at radius 3 is 1.65 bits per heavy atom. The lowest BCUT2D eigenvalue weighted by molar-refractivity contribution is -0.144. The number of aromatic nitrogens is 2. The molecule has 6 amide bonds. The van der Waals surface area contributed by atoms with Crippen LogP contribution in [0.4, 0.5) is 17.1 Å². The van der Waals surface area contributed by atoms with E-state index < -0.39 is 0 Å². The Kier molecular flexibility index (Phi) is 9.35. The van der Waals surface area contributed by atoms with E-state index in [1.165, 1.54) is 4.90 Å². The molecule has 3 aromatic carbocycles. The second kappa shape index (κ2) is 15.1. The van der Waals surface area contributed by atoms with Crippen LogP contribution in [0.3, 0.4) is 0 Å². The summed E-state index contributed by atoms with van der Waals surface area (Å²) < 4.78 is 0. The monoisotopic (exact) mass is 826 g/mol. The summed E-state index contributed by atoms with van der Waals surface area (Å²) in [5, 5.41) is 7.90. The van der Waals surface area contributed by atoms with Crippen LogP contribution in [0.15, 0.2) is 109 Å². The summed E-state index contributed by atoms with van der Waals surface area (Å²) in [6.07, 6.45) is 14.5. The highest BCUT2D eigenvalue weighted by Gasteiger charge is 2.62. The van der Waals surface area contributed by atoms with Gasteiger partial charge in [0.1, 0.15) is 0 Å². The van der Waals surface area contributed by atoms with Gasteiger partial charge in [-0.05, 0) is 124 Å². The van der Waals surface area contributed by atoms with Crippen LogP contribution in [0.25, 0.3) is 21.8 Å². The first kappa shape index (κ1) is 38.4. The molecule has 2 aliphatic heterocycles. The van der Waals surface area contributed by atoms with Gasteiger partial charge in [0.05, 0.1) is 51.8 Å². The number of carbonyl (C=O) groups is 6. The molecule has 12 heteroatoms. The number of carbonyl (C=O) groups excluding carboxylic acids is 6. The topological polar surface area (TPSA) is 159 Å². The van der Waals surface area contributed by atoms with Crippen molar-refractivity contribution in [3.05, 3.63) is 115 Å². The first-order valence-corrected chi connectivity index (χ1v) is 22.1. The Labute approximate surface area is 358 Å². The number of nitrogens with zero attached hydrogens (tertiary/aromatic N) is 4. The average molecular weight is 827 g/mol. The van der Waals surface area contributed by atoms with Crippen molar-refractivity contribution >= 4 is 74.3 Å². The fourth-order valence-corrected chi connectivity index (χ4v) is 12.1. The van der Waals surface area contributed by atoms with Crippen molar-refractivity contribution in [1.82, 2.24) is 14.9 Å². The van der Waals surface area contributed by atoms with Crippen LogP contribution in [0, 0.1) is 53.3 Å². The largest absolute Gasteiger partial charge is 0.324 e. The number of nitrogens with one attached hydrogen (secondary N) is 2. The number of allylic oxidation sites excluding steroid dienone is 2. The van der Waals surface area contributed by atoms with Gasteiger partial charge < -0.3 is 10.6 Å². The van der Waals surface area contributed by atoms with Gasteiger partial charge in [-0.1, -0.05) is 48.6 Å². The van der Waals surface area contributed by atoms with Crippen LogP contribution in [-0.2, 0) is 24.0 Å².